The summed E-state index contributed by atoms with van der Waals surface area (Å²) in [6.07, 6.45) is -0.746. The van der Waals surface area contributed by atoms with Crippen LogP contribution in [0.15, 0.2) is 0 Å². The molecule has 26 heavy (non-hydrogen) atoms. The van der Waals surface area contributed by atoms with Crippen LogP contribution < -0.4 is 5.73 Å². The van der Waals surface area contributed by atoms with E-state index < -0.39 is 37.7 Å². The Morgan fingerprint density at radius 1 is 1.23 bits per heavy atom. The fourth-order valence-corrected chi connectivity index (χ4v) is 5.13. The standard InChI is InChI=1S/C18H32F2N2O3Si/c1-12(25-26(5,6)16(2,3)4)13(14(21)23)22-11-17(15(22)24)7-9-18(19,20)10-8-17/h12-13H,7-11H2,1-6H3,(H2,21,23). The molecule has 0 bridgehead atoms. The number of nitrogens with zero attached hydrogens (tertiary/aromatic N) is 1. The molecule has 2 aliphatic rings. The molecule has 1 aliphatic carbocycles. The van der Waals surface area contributed by atoms with Crippen LogP contribution in [-0.2, 0) is 14.0 Å². The number of primary amides is 1. The van der Waals surface area contributed by atoms with Crippen LogP contribution in [-0.4, -0.2) is 49.6 Å². The number of alkyl halides is 2. The topological polar surface area (TPSA) is 72.6 Å². The Morgan fingerprint density at radius 2 is 1.73 bits per heavy atom. The molecule has 1 saturated carbocycles. The first kappa shape index (κ1) is 21.3. The Bertz CT molecular complexity index is 579. The number of hydrogen-bond acceptors (Lipinski definition) is 3. The summed E-state index contributed by atoms with van der Waals surface area (Å²) in [5.41, 5.74) is 4.84. The van der Waals surface area contributed by atoms with Crippen LogP contribution in [0.2, 0.25) is 18.1 Å². The van der Waals surface area contributed by atoms with Crippen molar-refractivity contribution in [2.75, 3.05) is 6.54 Å². The number of amides is 2. The van der Waals surface area contributed by atoms with Gasteiger partial charge in [-0.1, -0.05) is 20.8 Å². The predicted molar refractivity (Wildman–Crippen MR) is 98.3 cm³/mol. The molecule has 5 nitrogen and oxygen atoms in total. The zero-order valence-electron chi connectivity index (χ0n) is 16.7. The zero-order valence-corrected chi connectivity index (χ0v) is 17.7. The van der Waals surface area contributed by atoms with E-state index in [9.17, 15) is 18.4 Å². The quantitative estimate of drug-likeness (QED) is 0.578. The number of β-lactam (4-membered cyclic amide) rings is 1. The molecule has 2 atom stereocenters. The van der Waals surface area contributed by atoms with Crippen molar-refractivity contribution in [1.82, 2.24) is 4.90 Å². The number of carbonyl (C=O) groups excluding carboxylic acids is 2. The Labute approximate surface area is 155 Å². The maximum absolute atomic E-state index is 13.4. The monoisotopic (exact) mass is 390 g/mol. The molecular formula is C18H32F2N2O3Si. The Kier molecular flexibility index (Phi) is 5.36. The minimum Gasteiger partial charge on any atom is -0.412 e. The number of likely N-dealkylation sites (tertiary alicyclic amines) is 1. The molecule has 150 valence electrons. The summed E-state index contributed by atoms with van der Waals surface area (Å²) in [5, 5.41) is -0.0431. The van der Waals surface area contributed by atoms with E-state index in [1.807, 2.05) is 0 Å². The normalized spacial score (nSPS) is 24.9. The number of carbonyl (C=O) groups is 2. The molecule has 1 heterocycles. The van der Waals surface area contributed by atoms with Gasteiger partial charge in [0.05, 0.1) is 11.5 Å². The zero-order chi connectivity index (χ0) is 20.1. The lowest BCUT2D eigenvalue weighted by molar-refractivity contribution is -0.181. The lowest BCUT2D eigenvalue weighted by Gasteiger charge is -2.55. The Balaban J connectivity index is 2.10. The molecule has 2 rings (SSSR count). The van der Waals surface area contributed by atoms with E-state index in [4.69, 9.17) is 10.2 Å². The van der Waals surface area contributed by atoms with E-state index in [1.165, 1.54) is 4.90 Å². The number of halogens is 2. The average Bonchev–Trinajstić information content (AvgIpc) is 2.46. The van der Waals surface area contributed by atoms with Gasteiger partial charge in [-0.05, 0) is 37.9 Å². The SMILES string of the molecule is CC(O[Si](C)(C)C(C)(C)C)C(C(N)=O)N1CC2(CCC(F)(F)CC2)C1=O. The average molecular weight is 391 g/mol. The molecule has 0 aromatic rings. The fourth-order valence-electron chi connectivity index (χ4n) is 3.71. The van der Waals surface area contributed by atoms with Gasteiger partial charge in [-0.25, -0.2) is 8.78 Å². The lowest BCUT2D eigenvalue weighted by atomic mass is 9.66. The van der Waals surface area contributed by atoms with Crippen LogP contribution in [0.5, 0.6) is 0 Å². The molecule has 1 aliphatic heterocycles. The van der Waals surface area contributed by atoms with Crippen molar-refractivity contribution in [3.05, 3.63) is 0 Å². The van der Waals surface area contributed by atoms with Crippen molar-refractivity contribution in [3.8, 4) is 0 Å². The van der Waals surface area contributed by atoms with Gasteiger partial charge in [0.2, 0.25) is 17.7 Å². The van der Waals surface area contributed by atoms with Gasteiger partial charge in [0, 0.05) is 19.4 Å². The summed E-state index contributed by atoms with van der Waals surface area (Å²) >= 11 is 0. The van der Waals surface area contributed by atoms with E-state index in [-0.39, 0.29) is 36.6 Å². The second-order valence-electron chi connectivity index (χ2n) is 9.50. The highest BCUT2D eigenvalue weighted by atomic mass is 28.4. The van der Waals surface area contributed by atoms with Crippen LogP contribution in [0, 0.1) is 5.41 Å². The van der Waals surface area contributed by atoms with E-state index in [2.05, 4.69) is 33.9 Å². The van der Waals surface area contributed by atoms with Crippen LogP contribution in [0.25, 0.3) is 0 Å². The molecule has 1 spiro atoms. The summed E-state index contributed by atoms with van der Waals surface area (Å²) in [6.45, 7) is 12.5. The first-order valence-corrected chi connectivity index (χ1v) is 12.2. The summed E-state index contributed by atoms with van der Waals surface area (Å²) < 4.78 is 33.1. The largest absolute Gasteiger partial charge is 0.412 e. The molecule has 2 amide bonds. The smallest absolute Gasteiger partial charge is 0.248 e. The molecule has 0 radical (unpaired) electrons. The lowest BCUT2D eigenvalue weighted by Crippen LogP contribution is -2.70. The van der Waals surface area contributed by atoms with Crippen LogP contribution in [0.1, 0.15) is 53.4 Å². The maximum atomic E-state index is 13.4. The minimum absolute atomic E-state index is 0.0431. The molecule has 8 heteroatoms. The second-order valence-corrected chi connectivity index (χ2v) is 14.3. The van der Waals surface area contributed by atoms with Crippen LogP contribution in [0.3, 0.4) is 0 Å². The van der Waals surface area contributed by atoms with Gasteiger partial charge in [-0.3, -0.25) is 9.59 Å². The van der Waals surface area contributed by atoms with Gasteiger partial charge >= 0.3 is 0 Å². The molecule has 2 fully saturated rings. The van der Waals surface area contributed by atoms with Gasteiger partial charge in [-0.15, -0.1) is 0 Å². The van der Waals surface area contributed by atoms with Gasteiger partial charge in [0.15, 0.2) is 8.32 Å². The third-order valence-electron chi connectivity index (χ3n) is 6.48. The third-order valence-corrected chi connectivity index (χ3v) is 11.1. The van der Waals surface area contributed by atoms with E-state index in [0.717, 1.165) is 0 Å². The van der Waals surface area contributed by atoms with Crippen molar-refractivity contribution < 1.29 is 22.8 Å². The molecule has 1 saturated heterocycles. The Hall–Kier alpha value is -1.02. The van der Waals surface area contributed by atoms with E-state index in [1.54, 1.807) is 6.92 Å². The number of rotatable bonds is 5. The minimum atomic E-state index is -2.69. The third kappa shape index (κ3) is 3.81. The van der Waals surface area contributed by atoms with Gasteiger partial charge in [0.25, 0.3) is 0 Å². The van der Waals surface area contributed by atoms with Crippen molar-refractivity contribution >= 4 is 20.1 Å². The summed E-state index contributed by atoms with van der Waals surface area (Å²) in [6, 6.07) is -0.857. The van der Waals surface area contributed by atoms with Crippen LogP contribution >= 0.6 is 0 Å². The van der Waals surface area contributed by atoms with Gasteiger partial charge < -0.3 is 15.1 Å². The highest BCUT2D eigenvalue weighted by molar-refractivity contribution is 6.74. The van der Waals surface area contributed by atoms with Crippen molar-refractivity contribution in [2.24, 2.45) is 11.1 Å². The first-order valence-electron chi connectivity index (χ1n) is 9.28. The first-order chi connectivity index (χ1) is 11.6. The summed E-state index contributed by atoms with van der Waals surface area (Å²) in [5.74, 6) is -3.53. The maximum Gasteiger partial charge on any atom is 0.248 e. The highest BCUT2D eigenvalue weighted by Crippen LogP contribution is 2.50. The molecule has 2 N–H and O–H groups in total. The van der Waals surface area contributed by atoms with Crippen molar-refractivity contribution in [1.29, 1.82) is 0 Å². The second kappa shape index (κ2) is 6.55. The van der Waals surface area contributed by atoms with Gasteiger partial charge in [-0.2, -0.15) is 0 Å². The Morgan fingerprint density at radius 3 is 2.12 bits per heavy atom. The fraction of sp³-hybridized carbons (Fsp3) is 0.889. The number of hydrogen-bond donors (Lipinski definition) is 1. The van der Waals surface area contributed by atoms with E-state index >= 15 is 0 Å². The summed E-state index contributed by atoms with van der Waals surface area (Å²) in [4.78, 5) is 26.3. The molecular weight excluding hydrogens is 358 g/mol. The highest BCUT2D eigenvalue weighted by Gasteiger charge is 2.59. The number of nitrogens with two attached hydrogens (primary N) is 1. The summed E-state index contributed by atoms with van der Waals surface area (Å²) in [7, 11) is -2.15. The van der Waals surface area contributed by atoms with Crippen LogP contribution in [0.4, 0.5) is 8.78 Å². The van der Waals surface area contributed by atoms with E-state index in [0.29, 0.717) is 6.54 Å². The molecule has 0 aromatic carbocycles. The molecule has 0 aromatic heterocycles. The van der Waals surface area contributed by atoms with Crippen molar-refractivity contribution in [3.63, 3.8) is 0 Å². The predicted octanol–water partition coefficient (Wildman–Crippen LogP) is 3.29. The van der Waals surface area contributed by atoms with Crippen molar-refractivity contribution in [2.45, 2.75) is 89.6 Å². The molecule has 2 unspecified atom stereocenters. The van der Waals surface area contributed by atoms with Gasteiger partial charge in [0.1, 0.15) is 6.04 Å².